The summed E-state index contributed by atoms with van der Waals surface area (Å²) < 4.78 is 0. The number of para-hydroxylation sites is 1. The second-order valence-electron chi connectivity index (χ2n) is 6.50. The van der Waals surface area contributed by atoms with Gasteiger partial charge in [0.05, 0.1) is 0 Å². The molecule has 0 saturated carbocycles. The normalized spacial score (nSPS) is 18.3. The Morgan fingerprint density at radius 3 is 2.48 bits per heavy atom. The van der Waals surface area contributed by atoms with Crippen LogP contribution in [0, 0.1) is 0 Å². The molecule has 0 bridgehead atoms. The fourth-order valence-electron chi connectivity index (χ4n) is 3.13. The molecule has 3 rings (SSSR count). The number of allylic oxidation sites excluding steroid dienone is 2. The number of H-pyrrole nitrogens is 1. The highest BCUT2D eigenvalue weighted by molar-refractivity contribution is 5.86. The van der Waals surface area contributed by atoms with Gasteiger partial charge in [-0.15, -0.1) is 13.2 Å². The third kappa shape index (κ3) is 5.11. The van der Waals surface area contributed by atoms with E-state index in [1.165, 1.54) is 28.6 Å². The zero-order valence-electron chi connectivity index (χ0n) is 15.4. The van der Waals surface area contributed by atoms with Gasteiger partial charge in [-0.1, -0.05) is 36.8 Å². The second kappa shape index (κ2) is 9.36. The number of fused-ring (bicyclic) bond motifs is 3. The van der Waals surface area contributed by atoms with Gasteiger partial charge in [0.2, 0.25) is 0 Å². The maximum absolute atomic E-state index is 3.60. The van der Waals surface area contributed by atoms with Crippen molar-refractivity contribution in [3.05, 3.63) is 60.3 Å². The molecule has 126 valence electrons. The van der Waals surface area contributed by atoms with E-state index in [4.69, 9.17) is 0 Å². The lowest BCUT2D eigenvalue weighted by Gasteiger charge is -2.09. The van der Waals surface area contributed by atoms with Crippen molar-refractivity contribution in [2.75, 3.05) is 13.6 Å². The van der Waals surface area contributed by atoms with Crippen molar-refractivity contribution in [3.63, 3.8) is 0 Å². The molecule has 2 nitrogen and oxygen atoms in total. The molecular formula is C21H32N2. The summed E-state index contributed by atoms with van der Waals surface area (Å²) in [5.74, 6) is 1.34. The van der Waals surface area contributed by atoms with Crippen LogP contribution >= 0.6 is 0 Å². The minimum atomic E-state index is 0.655. The van der Waals surface area contributed by atoms with Gasteiger partial charge in [0.1, 0.15) is 0 Å². The van der Waals surface area contributed by atoms with Gasteiger partial charge >= 0.3 is 0 Å². The van der Waals surface area contributed by atoms with Crippen LogP contribution in [0.1, 0.15) is 57.2 Å². The van der Waals surface area contributed by atoms with Crippen molar-refractivity contribution >= 4 is 10.9 Å². The monoisotopic (exact) mass is 312 g/mol. The molecule has 0 fully saturated rings. The number of aromatic nitrogens is 1. The first-order chi connectivity index (χ1) is 11.0. The smallest absolute Gasteiger partial charge is 0.0459 e. The minimum Gasteiger partial charge on any atom is -0.358 e. The van der Waals surface area contributed by atoms with E-state index in [2.05, 4.69) is 54.6 Å². The van der Waals surface area contributed by atoms with Crippen LogP contribution in [0.2, 0.25) is 0 Å². The molecule has 1 aromatic heterocycles. The van der Waals surface area contributed by atoms with Crippen LogP contribution in [0.15, 0.2) is 49.1 Å². The SMILES string of the molecule is C=C(C)C.C=CC.CNCC1CC(C)c2c1[nH]c1ccccc21. The van der Waals surface area contributed by atoms with Crippen molar-refractivity contribution in [3.8, 4) is 0 Å². The van der Waals surface area contributed by atoms with Crippen LogP contribution < -0.4 is 5.32 Å². The highest BCUT2D eigenvalue weighted by Gasteiger charge is 2.31. The van der Waals surface area contributed by atoms with Crippen LogP contribution in [0.4, 0.5) is 0 Å². The number of hydrogen-bond donors (Lipinski definition) is 2. The largest absolute Gasteiger partial charge is 0.358 e. The summed E-state index contributed by atoms with van der Waals surface area (Å²) in [6.45, 7) is 16.2. The minimum absolute atomic E-state index is 0.655. The highest BCUT2D eigenvalue weighted by Crippen LogP contribution is 2.44. The zero-order chi connectivity index (χ0) is 17.4. The first-order valence-corrected chi connectivity index (χ1v) is 8.40. The van der Waals surface area contributed by atoms with Crippen molar-refractivity contribution in [1.82, 2.24) is 10.3 Å². The third-order valence-corrected chi connectivity index (χ3v) is 3.77. The van der Waals surface area contributed by atoms with E-state index in [-0.39, 0.29) is 0 Å². The number of hydrogen-bond acceptors (Lipinski definition) is 1. The van der Waals surface area contributed by atoms with Crippen LogP contribution in [-0.4, -0.2) is 18.6 Å². The molecule has 2 aromatic rings. The van der Waals surface area contributed by atoms with E-state index in [1.807, 2.05) is 27.8 Å². The summed E-state index contributed by atoms with van der Waals surface area (Å²) in [6, 6.07) is 8.65. The molecule has 2 heteroatoms. The number of rotatable bonds is 2. The van der Waals surface area contributed by atoms with Gasteiger partial charge < -0.3 is 10.3 Å². The van der Waals surface area contributed by atoms with Crippen LogP contribution in [0.25, 0.3) is 10.9 Å². The van der Waals surface area contributed by atoms with Gasteiger partial charge in [-0.05, 0) is 51.8 Å². The van der Waals surface area contributed by atoms with Gasteiger partial charge in [-0.3, -0.25) is 0 Å². The first kappa shape index (κ1) is 19.2. The number of benzene rings is 1. The van der Waals surface area contributed by atoms with E-state index in [1.54, 1.807) is 11.6 Å². The van der Waals surface area contributed by atoms with Crippen molar-refractivity contribution in [2.24, 2.45) is 0 Å². The topological polar surface area (TPSA) is 27.8 Å². The van der Waals surface area contributed by atoms with E-state index in [0.717, 1.165) is 6.54 Å². The second-order valence-corrected chi connectivity index (χ2v) is 6.50. The summed E-state index contributed by atoms with van der Waals surface area (Å²) in [7, 11) is 2.03. The fourth-order valence-corrected chi connectivity index (χ4v) is 3.13. The molecule has 0 saturated heterocycles. The van der Waals surface area contributed by atoms with Gasteiger partial charge in [0, 0.05) is 29.1 Å². The van der Waals surface area contributed by atoms with Crippen molar-refractivity contribution < 1.29 is 0 Å². The highest BCUT2D eigenvalue weighted by atomic mass is 14.8. The summed E-state index contributed by atoms with van der Waals surface area (Å²) in [5, 5.41) is 4.72. The molecule has 0 amide bonds. The lowest BCUT2D eigenvalue weighted by Crippen LogP contribution is -2.15. The molecule has 23 heavy (non-hydrogen) atoms. The molecule has 2 unspecified atom stereocenters. The average Bonchev–Trinajstić information content (AvgIpc) is 2.99. The molecule has 2 atom stereocenters. The van der Waals surface area contributed by atoms with Crippen LogP contribution in [-0.2, 0) is 0 Å². The lowest BCUT2D eigenvalue weighted by atomic mass is 10.0. The van der Waals surface area contributed by atoms with Gasteiger partial charge in [0.25, 0.3) is 0 Å². The molecule has 0 spiro atoms. The summed E-state index contributed by atoms with van der Waals surface area (Å²) >= 11 is 0. The Hall–Kier alpha value is -1.80. The Labute approximate surface area is 141 Å². The van der Waals surface area contributed by atoms with Gasteiger partial charge in [-0.25, -0.2) is 0 Å². The fraction of sp³-hybridized carbons (Fsp3) is 0.429. The predicted octanol–water partition coefficient (Wildman–Crippen LogP) is 5.75. The van der Waals surface area contributed by atoms with Crippen LogP contribution in [0.3, 0.4) is 0 Å². The maximum atomic E-state index is 3.60. The zero-order valence-corrected chi connectivity index (χ0v) is 15.4. The Balaban J connectivity index is 0.000000325. The molecule has 0 radical (unpaired) electrons. The summed E-state index contributed by atoms with van der Waals surface area (Å²) in [4.78, 5) is 3.60. The molecule has 1 aromatic carbocycles. The summed E-state index contributed by atoms with van der Waals surface area (Å²) in [6.07, 6.45) is 3.02. The standard InChI is InChI=1S/C14H18N2.C4H8.C3H6/c1-9-7-10(8-15-2)14-13(9)11-5-3-4-6-12(11)16-14;1-4(2)3;1-3-2/h3-6,9-10,15-16H,7-8H2,1-2H3;1H2,2-3H3;3H,1H2,2H3. The van der Waals surface area contributed by atoms with Gasteiger partial charge in [-0.2, -0.15) is 0 Å². The predicted molar refractivity (Wildman–Crippen MR) is 104 cm³/mol. The van der Waals surface area contributed by atoms with E-state index >= 15 is 0 Å². The van der Waals surface area contributed by atoms with Crippen molar-refractivity contribution in [2.45, 2.75) is 46.0 Å². The average molecular weight is 313 g/mol. The molecular weight excluding hydrogens is 280 g/mol. The maximum Gasteiger partial charge on any atom is 0.0459 e. The third-order valence-electron chi connectivity index (χ3n) is 3.77. The van der Waals surface area contributed by atoms with Crippen LogP contribution in [0.5, 0.6) is 0 Å². The van der Waals surface area contributed by atoms with E-state index in [0.29, 0.717) is 11.8 Å². The number of aromatic amines is 1. The van der Waals surface area contributed by atoms with Gasteiger partial charge in [0.15, 0.2) is 0 Å². The molecule has 1 aliphatic rings. The molecule has 1 heterocycles. The quantitative estimate of drug-likeness (QED) is 0.679. The van der Waals surface area contributed by atoms with E-state index < -0.39 is 0 Å². The Bertz CT molecular complexity index is 632. The molecule has 0 aliphatic heterocycles. The van der Waals surface area contributed by atoms with Crippen molar-refractivity contribution in [1.29, 1.82) is 0 Å². The number of nitrogens with one attached hydrogen (secondary N) is 2. The Kier molecular flexibility index (Phi) is 7.84. The molecule has 2 N–H and O–H groups in total. The first-order valence-electron chi connectivity index (χ1n) is 8.40. The number of likely N-dealkylation sites (N-methyl/N-ethyl adjacent to an activating group) is 1. The Morgan fingerprint density at radius 2 is 1.91 bits per heavy atom. The Morgan fingerprint density at radius 1 is 1.35 bits per heavy atom. The lowest BCUT2D eigenvalue weighted by molar-refractivity contribution is 0.577. The molecule has 1 aliphatic carbocycles. The van der Waals surface area contributed by atoms with E-state index in [9.17, 15) is 0 Å². The summed E-state index contributed by atoms with van der Waals surface area (Å²) in [5.41, 5.74) is 5.47.